The van der Waals surface area contributed by atoms with Crippen LogP contribution in [-0.4, -0.2) is 31.3 Å². The van der Waals surface area contributed by atoms with Gasteiger partial charge < -0.3 is 4.74 Å². The molecule has 0 aromatic rings. The van der Waals surface area contributed by atoms with Crippen molar-refractivity contribution >= 4 is 8.09 Å². The van der Waals surface area contributed by atoms with Crippen molar-refractivity contribution in [2.45, 2.75) is 96.8 Å². The number of unbranched alkanes of at least 4 members (excludes halogenated alkanes) is 12. The van der Waals surface area contributed by atoms with E-state index in [0.29, 0.717) is 26.4 Å². The molecule has 0 amide bonds. The van der Waals surface area contributed by atoms with Gasteiger partial charge in [0.05, 0.1) is 19.4 Å². The second-order valence-electron chi connectivity index (χ2n) is 7.37. The molecule has 1 unspecified atom stereocenters. The summed E-state index contributed by atoms with van der Waals surface area (Å²) in [5.41, 5.74) is 0. The number of allylic oxidation sites excluding steroid dienone is 1. The van der Waals surface area contributed by atoms with E-state index in [2.05, 4.69) is 18.1 Å². The van der Waals surface area contributed by atoms with Gasteiger partial charge in [-0.1, -0.05) is 77.6 Å². The highest BCUT2D eigenvalue weighted by molar-refractivity contribution is 7.58. The van der Waals surface area contributed by atoms with E-state index in [-0.39, 0.29) is 0 Å². The number of rotatable bonds is 19. The molecule has 0 aromatic heterocycles. The molecule has 160 valence electrons. The van der Waals surface area contributed by atoms with Crippen molar-refractivity contribution in [3.05, 3.63) is 12.3 Å². The highest BCUT2D eigenvalue weighted by Gasteiger charge is 2.45. The van der Waals surface area contributed by atoms with E-state index in [4.69, 9.17) is 13.8 Å². The normalized spacial score (nSPS) is 19.9. The molecule has 1 aliphatic heterocycles. The SMILES string of the molecule is CCCCCCCCCCCCCC/C=C\OCCCO[P+]1(O)NCCO1. The van der Waals surface area contributed by atoms with E-state index >= 15 is 0 Å². The molecule has 6 heteroatoms. The number of hydrogen-bond donors (Lipinski definition) is 2. The fourth-order valence-electron chi connectivity index (χ4n) is 3.12. The number of nitrogens with one attached hydrogen (secondary N) is 1. The summed E-state index contributed by atoms with van der Waals surface area (Å²) in [4.78, 5) is 9.84. The van der Waals surface area contributed by atoms with E-state index in [0.717, 1.165) is 12.8 Å². The smallest absolute Gasteiger partial charge is 0.499 e. The van der Waals surface area contributed by atoms with E-state index in [1.54, 1.807) is 6.26 Å². The predicted octanol–water partition coefficient (Wildman–Crippen LogP) is 6.30. The molecule has 0 aliphatic carbocycles. The van der Waals surface area contributed by atoms with Gasteiger partial charge in [0.2, 0.25) is 0 Å². The van der Waals surface area contributed by atoms with Gasteiger partial charge >= 0.3 is 8.09 Å². The Kier molecular flexibility index (Phi) is 16.5. The molecule has 2 N–H and O–H groups in total. The maximum absolute atomic E-state index is 9.84. The molecule has 1 saturated heterocycles. The predicted molar refractivity (Wildman–Crippen MR) is 114 cm³/mol. The molecule has 1 rings (SSSR count). The van der Waals surface area contributed by atoms with Gasteiger partial charge in [-0.25, -0.2) is 0 Å². The third-order valence-electron chi connectivity index (χ3n) is 4.77. The highest BCUT2D eigenvalue weighted by Crippen LogP contribution is 2.54. The molecule has 0 radical (unpaired) electrons. The van der Waals surface area contributed by atoms with E-state index in [1.165, 1.54) is 77.0 Å². The summed E-state index contributed by atoms with van der Waals surface area (Å²) < 4.78 is 16.0. The Bertz CT molecular complexity index is 349. The van der Waals surface area contributed by atoms with Crippen molar-refractivity contribution in [1.82, 2.24) is 5.09 Å². The van der Waals surface area contributed by atoms with Crippen LogP contribution in [-0.2, 0) is 13.8 Å². The zero-order chi connectivity index (χ0) is 19.5. The molecule has 1 aliphatic rings. The summed E-state index contributed by atoms with van der Waals surface area (Å²) in [6.07, 6.45) is 22.4. The lowest BCUT2D eigenvalue weighted by molar-refractivity contribution is 0.170. The van der Waals surface area contributed by atoms with Crippen LogP contribution in [0.3, 0.4) is 0 Å². The van der Waals surface area contributed by atoms with Gasteiger partial charge in [-0.05, 0) is 18.9 Å². The Morgan fingerprint density at radius 1 is 0.889 bits per heavy atom. The molecular weight excluding hydrogens is 361 g/mol. The van der Waals surface area contributed by atoms with Crippen molar-refractivity contribution in [2.75, 3.05) is 26.4 Å². The first-order chi connectivity index (χ1) is 13.3. The second-order valence-corrected chi connectivity index (χ2v) is 9.24. The summed E-state index contributed by atoms with van der Waals surface area (Å²) in [5, 5.41) is 2.86. The maximum atomic E-state index is 9.84. The molecule has 1 atom stereocenters. The minimum atomic E-state index is -2.74. The molecule has 27 heavy (non-hydrogen) atoms. The van der Waals surface area contributed by atoms with Crippen molar-refractivity contribution in [3.8, 4) is 0 Å². The Morgan fingerprint density at radius 2 is 1.52 bits per heavy atom. The molecule has 5 nitrogen and oxygen atoms in total. The Balaban J connectivity index is 1.72. The van der Waals surface area contributed by atoms with Crippen LogP contribution in [0.5, 0.6) is 0 Å². The minimum absolute atomic E-state index is 0.448. The molecule has 0 spiro atoms. The summed E-state index contributed by atoms with van der Waals surface area (Å²) in [6, 6.07) is 0. The minimum Gasteiger partial charge on any atom is -0.501 e. The average Bonchev–Trinajstić information content (AvgIpc) is 3.10. The Morgan fingerprint density at radius 3 is 2.11 bits per heavy atom. The van der Waals surface area contributed by atoms with Gasteiger partial charge in [0.25, 0.3) is 0 Å². The van der Waals surface area contributed by atoms with E-state index in [9.17, 15) is 4.89 Å². The summed E-state index contributed by atoms with van der Waals surface area (Å²) >= 11 is 0. The maximum Gasteiger partial charge on any atom is 0.499 e. The quantitative estimate of drug-likeness (QED) is 0.150. The monoisotopic (exact) mass is 404 g/mol. The van der Waals surface area contributed by atoms with Crippen molar-refractivity contribution in [3.63, 3.8) is 0 Å². The van der Waals surface area contributed by atoms with Crippen LogP contribution in [0.15, 0.2) is 12.3 Å². The van der Waals surface area contributed by atoms with Gasteiger partial charge in [0.1, 0.15) is 13.2 Å². The lowest BCUT2D eigenvalue weighted by Gasteiger charge is -2.08. The van der Waals surface area contributed by atoms with Crippen LogP contribution < -0.4 is 5.09 Å². The van der Waals surface area contributed by atoms with Crippen molar-refractivity contribution < 1.29 is 18.7 Å². The zero-order valence-electron chi connectivity index (χ0n) is 17.5. The van der Waals surface area contributed by atoms with Crippen molar-refractivity contribution in [2.24, 2.45) is 0 Å². The molecular formula is C21H43NO4P+. The first kappa shape index (κ1) is 24.8. The van der Waals surface area contributed by atoms with Crippen LogP contribution in [0.2, 0.25) is 0 Å². The third kappa shape index (κ3) is 15.4. The number of hydrogen-bond acceptors (Lipinski definition) is 5. The number of ether oxygens (including phenoxy) is 1. The lowest BCUT2D eigenvalue weighted by Crippen LogP contribution is -2.12. The average molecular weight is 405 g/mol. The fraction of sp³-hybridized carbons (Fsp3) is 0.905. The van der Waals surface area contributed by atoms with Gasteiger partial charge in [0.15, 0.2) is 0 Å². The zero-order valence-corrected chi connectivity index (χ0v) is 18.4. The third-order valence-corrected chi connectivity index (χ3v) is 6.46. The van der Waals surface area contributed by atoms with Crippen LogP contribution >= 0.6 is 8.09 Å². The molecule has 0 bridgehead atoms. The molecule has 0 aromatic carbocycles. The van der Waals surface area contributed by atoms with E-state index in [1.807, 2.05) is 0 Å². The topological polar surface area (TPSA) is 60.0 Å². The first-order valence-corrected chi connectivity index (χ1v) is 12.8. The lowest BCUT2D eigenvalue weighted by atomic mass is 10.0. The van der Waals surface area contributed by atoms with Crippen molar-refractivity contribution in [1.29, 1.82) is 0 Å². The van der Waals surface area contributed by atoms with Crippen LogP contribution in [0.1, 0.15) is 96.8 Å². The van der Waals surface area contributed by atoms with Gasteiger partial charge in [0, 0.05) is 6.42 Å². The Labute approximate surface area is 167 Å². The molecule has 1 fully saturated rings. The largest absolute Gasteiger partial charge is 0.501 e. The second kappa shape index (κ2) is 17.9. The fourth-order valence-corrected chi connectivity index (χ4v) is 4.47. The Hall–Kier alpha value is -0.190. The molecule has 0 saturated carbocycles. The van der Waals surface area contributed by atoms with Gasteiger partial charge in [-0.15, -0.1) is 5.09 Å². The standard InChI is InChI=1S/C21H43NO4P/c1-2-3-4-5-6-7-8-9-10-11-12-13-14-15-18-24-19-16-20-25-27(23)22-17-21-26-27/h15,18,22-23H,2-14,16-17,19-21H2,1H3/q+1/b18-15-. The summed E-state index contributed by atoms with van der Waals surface area (Å²) in [5.74, 6) is 0. The molecule has 1 heterocycles. The van der Waals surface area contributed by atoms with Crippen LogP contribution in [0, 0.1) is 0 Å². The first-order valence-electron chi connectivity index (χ1n) is 11.2. The highest BCUT2D eigenvalue weighted by atomic mass is 31.2. The summed E-state index contributed by atoms with van der Waals surface area (Å²) in [6.45, 7) is 4.50. The van der Waals surface area contributed by atoms with Gasteiger partial charge in [-0.3, -0.25) is 0 Å². The summed E-state index contributed by atoms with van der Waals surface area (Å²) in [7, 11) is -2.74. The van der Waals surface area contributed by atoms with E-state index < -0.39 is 8.09 Å². The van der Waals surface area contributed by atoms with Gasteiger partial charge in [-0.2, -0.15) is 13.9 Å². The van der Waals surface area contributed by atoms with Crippen LogP contribution in [0.4, 0.5) is 0 Å². The van der Waals surface area contributed by atoms with Crippen LogP contribution in [0.25, 0.3) is 0 Å².